The fraction of sp³-hybridized carbons (Fsp3) is 0.250. The number of nitrogens with one attached hydrogen (secondary N) is 3. The second-order valence-corrected chi connectivity index (χ2v) is 7.03. The Bertz CT molecular complexity index is 1020. The number of aliphatic hydroxyl groups is 1. The summed E-state index contributed by atoms with van der Waals surface area (Å²) in [6.07, 6.45) is 2.24. The van der Waals surface area contributed by atoms with E-state index in [0.29, 0.717) is 23.0 Å². The minimum atomic E-state index is -0.489. The Labute approximate surface area is 165 Å². The van der Waals surface area contributed by atoms with Crippen LogP contribution in [0.3, 0.4) is 0 Å². The van der Waals surface area contributed by atoms with Crippen molar-refractivity contribution >= 4 is 22.9 Å². The van der Waals surface area contributed by atoms with Crippen LogP contribution >= 0.6 is 0 Å². The van der Waals surface area contributed by atoms with E-state index >= 15 is 0 Å². The lowest BCUT2D eigenvalue weighted by atomic mass is 10.1. The van der Waals surface area contributed by atoms with Crippen molar-refractivity contribution in [2.24, 2.45) is 0 Å². The number of hydrogen-bond donors (Lipinski definition) is 4. The molecule has 2 aromatic carbocycles. The minimum Gasteiger partial charge on any atom is -0.394 e. The number of nitrogens with zero attached hydrogens (tertiary/aromatic N) is 2. The lowest BCUT2D eigenvalue weighted by Gasteiger charge is -2.19. The van der Waals surface area contributed by atoms with E-state index in [2.05, 4.69) is 20.8 Å². The fourth-order valence-corrected chi connectivity index (χ4v) is 3.16. The highest BCUT2D eigenvalue weighted by atomic mass is 19.1. The summed E-state index contributed by atoms with van der Waals surface area (Å²) in [6.45, 7) is -0.227. The van der Waals surface area contributed by atoms with E-state index < -0.39 is 11.0 Å². The van der Waals surface area contributed by atoms with Gasteiger partial charge in [0.15, 0.2) is 5.82 Å². The van der Waals surface area contributed by atoms with E-state index in [1.54, 1.807) is 24.3 Å². The maximum absolute atomic E-state index is 13.2. The molecule has 0 amide bonds. The lowest BCUT2D eigenvalue weighted by Crippen LogP contribution is -2.15. The number of benzene rings is 2. The van der Waals surface area contributed by atoms with Crippen LogP contribution in [0.25, 0.3) is 0 Å². The Balaban J connectivity index is 1.57. The zero-order valence-corrected chi connectivity index (χ0v) is 15.4. The zero-order valence-electron chi connectivity index (χ0n) is 15.4. The molecule has 4 N–H and O–H groups in total. The number of halogens is 1. The van der Waals surface area contributed by atoms with Gasteiger partial charge in [0.05, 0.1) is 17.6 Å². The molecular formula is C20H20FN5O3. The van der Waals surface area contributed by atoms with Crippen LogP contribution in [-0.4, -0.2) is 26.8 Å². The van der Waals surface area contributed by atoms with Crippen molar-refractivity contribution in [2.75, 3.05) is 17.2 Å². The Morgan fingerprint density at radius 1 is 1.24 bits per heavy atom. The van der Waals surface area contributed by atoms with Gasteiger partial charge in [-0.1, -0.05) is 12.1 Å². The molecule has 1 atom stereocenters. The van der Waals surface area contributed by atoms with Crippen molar-refractivity contribution in [3.63, 3.8) is 0 Å². The Morgan fingerprint density at radius 2 is 2.00 bits per heavy atom. The van der Waals surface area contributed by atoms with E-state index in [1.807, 2.05) is 6.07 Å². The monoisotopic (exact) mass is 397 g/mol. The third-order valence-corrected chi connectivity index (χ3v) is 4.87. The van der Waals surface area contributed by atoms with E-state index in [-0.39, 0.29) is 23.8 Å². The lowest BCUT2D eigenvalue weighted by molar-refractivity contribution is -0.383. The van der Waals surface area contributed by atoms with Gasteiger partial charge in [-0.3, -0.25) is 15.2 Å². The third-order valence-electron chi connectivity index (χ3n) is 4.87. The quantitative estimate of drug-likeness (QED) is 0.334. The topological polar surface area (TPSA) is 116 Å². The molecule has 0 radical (unpaired) electrons. The van der Waals surface area contributed by atoms with Gasteiger partial charge in [0.25, 0.3) is 5.69 Å². The molecule has 8 nitrogen and oxygen atoms in total. The number of hydrogen-bond acceptors (Lipinski definition) is 6. The van der Waals surface area contributed by atoms with E-state index in [1.165, 1.54) is 18.2 Å². The van der Waals surface area contributed by atoms with Gasteiger partial charge >= 0.3 is 0 Å². The van der Waals surface area contributed by atoms with E-state index in [4.69, 9.17) is 0 Å². The summed E-state index contributed by atoms with van der Waals surface area (Å²) >= 11 is 0. The summed E-state index contributed by atoms with van der Waals surface area (Å²) in [7, 11) is 0. The van der Waals surface area contributed by atoms with Gasteiger partial charge in [-0.05, 0) is 42.7 Å². The first kappa shape index (κ1) is 18.9. The third kappa shape index (κ3) is 4.35. The normalized spacial score (nSPS) is 14.4. The van der Waals surface area contributed by atoms with E-state index in [0.717, 1.165) is 18.5 Å². The number of anilines is 3. The molecule has 0 bridgehead atoms. The summed E-state index contributed by atoms with van der Waals surface area (Å²) in [4.78, 5) is 11.0. The molecule has 1 heterocycles. The van der Waals surface area contributed by atoms with Crippen molar-refractivity contribution < 1.29 is 14.4 Å². The molecule has 150 valence electrons. The summed E-state index contributed by atoms with van der Waals surface area (Å²) in [5.41, 5.74) is 2.47. The van der Waals surface area contributed by atoms with Gasteiger partial charge in [-0.2, -0.15) is 5.10 Å². The van der Waals surface area contributed by atoms with Crippen LogP contribution in [0.4, 0.5) is 27.3 Å². The van der Waals surface area contributed by atoms with Gasteiger partial charge in [0.2, 0.25) is 0 Å². The first-order valence-corrected chi connectivity index (χ1v) is 9.27. The first-order chi connectivity index (χ1) is 14.0. The van der Waals surface area contributed by atoms with Crippen LogP contribution in [0.5, 0.6) is 0 Å². The number of nitro groups is 1. The number of aromatic amines is 1. The maximum atomic E-state index is 13.2. The number of rotatable bonds is 8. The van der Waals surface area contributed by atoms with Crippen molar-refractivity contribution in [3.05, 3.63) is 75.7 Å². The second kappa shape index (κ2) is 7.88. The molecule has 0 aliphatic heterocycles. The van der Waals surface area contributed by atoms with Crippen molar-refractivity contribution in [3.8, 4) is 0 Å². The summed E-state index contributed by atoms with van der Waals surface area (Å²) in [5, 5.41) is 34.4. The molecule has 1 aromatic heterocycles. The van der Waals surface area contributed by atoms with Gasteiger partial charge in [-0.25, -0.2) is 4.39 Å². The van der Waals surface area contributed by atoms with Crippen LogP contribution in [0.1, 0.15) is 36.1 Å². The van der Waals surface area contributed by atoms with Gasteiger partial charge in [0, 0.05) is 29.4 Å². The molecule has 1 aliphatic rings. The SMILES string of the molecule is O=[N+]([O-])c1ccc(N[C@@H](CO)c2ccc(F)cc2)cc1Nc1cc(C2CC2)[nH]n1. The van der Waals surface area contributed by atoms with Crippen LogP contribution in [-0.2, 0) is 0 Å². The predicted octanol–water partition coefficient (Wildman–Crippen LogP) is 4.22. The molecule has 3 aromatic rings. The minimum absolute atomic E-state index is 0.0890. The van der Waals surface area contributed by atoms with Crippen molar-refractivity contribution in [1.29, 1.82) is 0 Å². The molecule has 9 heteroatoms. The molecule has 1 fully saturated rings. The molecule has 29 heavy (non-hydrogen) atoms. The molecule has 0 unspecified atom stereocenters. The molecular weight excluding hydrogens is 377 g/mol. The van der Waals surface area contributed by atoms with Crippen molar-refractivity contribution in [2.45, 2.75) is 24.8 Å². The highest BCUT2D eigenvalue weighted by molar-refractivity contribution is 5.73. The van der Waals surface area contributed by atoms with E-state index in [9.17, 15) is 19.6 Å². The van der Waals surface area contributed by atoms with Crippen LogP contribution in [0.2, 0.25) is 0 Å². The first-order valence-electron chi connectivity index (χ1n) is 9.27. The Morgan fingerprint density at radius 3 is 2.66 bits per heavy atom. The smallest absolute Gasteiger partial charge is 0.292 e. The number of H-pyrrole nitrogens is 1. The Kier molecular flexibility index (Phi) is 5.13. The van der Waals surface area contributed by atoms with Crippen LogP contribution in [0.15, 0.2) is 48.5 Å². The van der Waals surface area contributed by atoms with Crippen molar-refractivity contribution in [1.82, 2.24) is 10.2 Å². The maximum Gasteiger partial charge on any atom is 0.292 e. The predicted molar refractivity (Wildman–Crippen MR) is 107 cm³/mol. The van der Waals surface area contributed by atoms with Crippen LogP contribution < -0.4 is 10.6 Å². The van der Waals surface area contributed by atoms with Gasteiger partial charge in [-0.15, -0.1) is 0 Å². The molecule has 1 aliphatic carbocycles. The largest absolute Gasteiger partial charge is 0.394 e. The van der Waals surface area contributed by atoms with Gasteiger partial charge < -0.3 is 15.7 Å². The molecule has 1 saturated carbocycles. The Hall–Kier alpha value is -3.46. The molecule has 0 spiro atoms. The highest BCUT2D eigenvalue weighted by Crippen LogP contribution is 2.40. The standard InChI is InChI=1S/C20H20FN5O3/c21-14-5-3-13(4-6-14)18(11-27)22-15-7-8-19(26(28)29)17(9-15)23-20-10-16(24-25-20)12-1-2-12/h3-10,12,18,22,27H,1-2,11H2,(H2,23,24,25)/t18-/m0/s1. The molecule has 4 rings (SSSR count). The second-order valence-electron chi connectivity index (χ2n) is 7.03. The number of nitro benzene ring substituents is 1. The number of aromatic nitrogens is 2. The zero-order chi connectivity index (χ0) is 20.4. The average Bonchev–Trinajstić information content (AvgIpc) is 3.46. The highest BCUT2D eigenvalue weighted by Gasteiger charge is 2.26. The van der Waals surface area contributed by atoms with Gasteiger partial charge in [0.1, 0.15) is 11.5 Å². The average molecular weight is 397 g/mol. The summed E-state index contributed by atoms with van der Waals surface area (Å²) in [5.74, 6) is 0.628. The molecule has 0 saturated heterocycles. The van der Waals surface area contributed by atoms with Crippen LogP contribution in [0, 0.1) is 15.9 Å². The fourth-order valence-electron chi connectivity index (χ4n) is 3.16. The number of aliphatic hydroxyl groups excluding tert-OH is 1. The summed E-state index contributed by atoms with van der Waals surface area (Å²) < 4.78 is 13.2. The summed E-state index contributed by atoms with van der Waals surface area (Å²) in [6, 6.07) is 11.7.